The van der Waals surface area contributed by atoms with E-state index in [0.717, 1.165) is 17.6 Å². The Morgan fingerprint density at radius 2 is 1.55 bits per heavy atom. The summed E-state index contributed by atoms with van der Waals surface area (Å²) in [7, 11) is 0. The Morgan fingerprint density at radius 1 is 0.800 bits per heavy atom. The van der Waals surface area contributed by atoms with Crippen LogP contribution in [0.15, 0.2) is 53.1 Å². The lowest BCUT2D eigenvalue weighted by molar-refractivity contribution is -0.122. The summed E-state index contributed by atoms with van der Waals surface area (Å²) in [4.78, 5) is 23.7. The van der Waals surface area contributed by atoms with Crippen LogP contribution in [0.3, 0.4) is 0 Å². The quantitative estimate of drug-likeness (QED) is 0.674. The third kappa shape index (κ3) is 2.48. The Hall–Kier alpha value is -2.40. The van der Waals surface area contributed by atoms with Crippen molar-refractivity contribution in [1.29, 1.82) is 0 Å². The number of rotatable bonds is 0. The van der Waals surface area contributed by atoms with Gasteiger partial charge in [-0.3, -0.25) is 9.59 Å². The van der Waals surface area contributed by atoms with Gasteiger partial charge in [-0.05, 0) is 31.1 Å². The predicted octanol–water partition coefficient (Wildman–Crippen LogP) is 2.99. The first-order valence-corrected chi connectivity index (χ1v) is 6.81. The maximum atomic E-state index is 11.9. The maximum Gasteiger partial charge on any atom is 0.163 e. The second-order valence-electron chi connectivity index (χ2n) is 5.02. The zero-order valence-electron chi connectivity index (χ0n) is 11.1. The molecule has 0 unspecified atom stereocenters. The summed E-state index contributed by atoms with van der Waals surface area (Å²) >= 11 is 0. The van der Waals surface area contributed by atoms with E-state index in [9.17, 15) is 9.59 Å². The molecule has 0 N–H and O–H groups in total. The fourth-order valence-corrected chi connectivity index (χ4v) is 2.55. The van der Waals surface area contributed by atoms with Crippen molar-refractivity contribution in [3.05, 3.63) is 58.7 Å². The standard InChI is InChI=1S/C18H14O2/c19-17-10-11-18(20)16-12-14(8-9-15(16)17)7-6-13-4-2-1-3-5-13/h1-5,12H,8-11H2. The Labute approximate surface area is 118 Å². The average molecular weight is 262 g/mol. The Kier molecular flexibility index (Phi) is 3.35. The highest BCUT2D eigenvalue weighted by Crippen LogP contribution is 2.30. The van der Waals surface area contributed by atoms with Gasteiger partial charge in [-0.2, -0.15) is 0 Å². The van der Waals surface area contributed by atoms with Crippen LogP contribution in [0.1, 0.15) is 31.2 Å². The molecule has 2 aliphatic carbocycles. The highest BCUT2D eigenvalue weighted by atomic mass is 16.1. The molecule has 2 nitrogen and oxygen atoms in total. The predicted molar refractivity (Wildman–Crippen MR) is 76.9 cm³/mol. The van der Waals surface area contributed by atoms with Crippen LogP contribution in [0.25, 0.3) is 0 Å². The first kappa shape index (κ1) is 12.6. The minimum Gasteiger partial charge on any atom is -0.295 e. The molecule has 1 aromatic rings. The van der Waals surface area contributed by atoms with Gasteiger partial charge in [-0.15, -0.1) is 0 Å². The van der Waals surface area contributed by atoms with Crippen LogP contribution in [-0.2, 0) is 9.59 Å². The lowest BCUT2D eigenvalue weighted by Crippen LogP contribution is -2.20. The number of hydrogen-bond donors (Lipinski definition) is 0. The lowest BCUT2D eigenvalue weighted by atomic mass is 9.82. The van der Waals surface area contributed by atoms with E-state index >= 15 is 0 Å². The third-order valence-electron chi connectivity index (χ3n) is 3.65. The molecule has 2 heteroatoms. The van der Waals surface area contributed by atoms with Crippen molar-refractivity contribution < 1.29 is 9.59 Å². The molecule has 0 saturated carbocycles. The molecule has 0 amide bonds. The highest BCUT2D eigenvalue weighted by Gasteiger charge is 2.27. The molecule has 0 spiro atoms. The van der Waals surface area contributed by atoms with Gasteiger partial charge in [0.25, 0.3) is 0 Å². The summed E-state index contributed by atoms with van der Waals surface area (Å²) in [6, 6.07) is 9.76. The van der Waals surface area contributed by atoms with Crippen molar-refractivity contribution in [3.8, 4) is 11.8 Å². The molecule has 98 valence electrons. The number of carbonyl (C=O) groups excluding carboxylic acids is 2. The zero-order valence-corrected chi connectivity index (χ0v) is 11.1. The highest BCUT2D eigenvalue weighted by molar-refractivity contribution is 6.13. The van der Waals surface area contributed by atoms with Crippen LogP contribution < -0.4 is 0 Å². The largest absolute Gasteiger partial charge is 0.295 e. The van der Waals surface area contributed by atoms with Crippen LogP contribution in [0.4, 0.5) is 0 Å². The molecule has 0 aliphatic heterocycles. The minimum atomic E-state index is 0.0818. The molecule has 1 aromatic carbocycles. The number of carbonyl (C=O) groups is 2. The van der Waals surface area contributed by atoms with E-state index in [1.165, 1.54) is 0 Å². The van der Waals surface area contributed by atoms with Crippen LogP contribution in [-0.4, -0.2) is 11.6 Å². The molecule has 0 atom stereocenters. The van der Waals surface area contributed by atoms with Crippen molar-refractivity contribution in [2.75, 3.05) is 0 Å². The van der Waals surface area contributed by atoms with Crippen LogP contribution in [0.5, 0.6) is 0 Å². The van der Waals surface area contributed by atoms with Gasteiger partial charge in [0.2, 0.25) is 0 Å². The molecule has 0 bridgehead atoms. The van der Waals surface area contributed by atoms with Crippen molar-refractivity contribution in [2.45, 2.75) is 25.7 Å². The Balaban J connectivity index is 1.90. The number of benzene rings is 1. The molecule has 0 saturated heterocycles. The lowest BCUT2D eigenvalue weighted by Gasteiger charge is -2.20. The second kappa shape index (κ2) is 5.30. The Morgan fingerprint density at radius 3 is 2.35 bits per heavy atom. The van der Waals surface area contributed by atoms with Crippen LogP contribution in [0, 0.1) is 11.8 Å². The normalized spacial score (nSPS) is 18.1. The van der Waals surface area contributed by atoms with E-state index in [2.05, 4.69) is 11.8 Å². The first-order chi connectivity index (χ1) is 9.74. The molecule has 0 heterocycles. The molecule has 0 aromatic heterocycles. The number of hydrogen-bond acceptors (Lipinski definition) is 2. The third-order valence-corrected chi connectivity index (χ3v) is 3.65. The van der Waals surface area contributed by atoms with Crippen LogP contribution in [0.2, 0.25) is 0 Å². The van der Waals surface area contributed by atoms with Gasteiger partial charge in [0.1, 0.15) is 0 Å². The summed E-state index contributed by atoms with van der Waals surface area (Å²) in [5.74, 6) is 6.43. The number of Topliss-reactive ketones (excluding diaryl/α,β-unsaturated/α-hetero) is 2. The molecular formula is C18H14O2. The van der Waals surface area contributed by atoms with E-state index in [1.807, 2.05) is 36.4 Å². The topological polar surface area (TPSA) is 34.1 Å². The summed E-state index contributed by atoms with van der Waals surface area (Å²) in [6.07, 6.45) is 3.92. The van der Waals surface area contributed by atoms with E-state index in [0.29, 0.717) is 30.4 Å². The van der Waals surface area contributed by atoms with E-state index in [1.54, 1.807) is 0 Å². The minimum absolute atomic E-state index is 0.0818. The zero-order chi connectivity index (χ0) is 13.9. The van der Waals surface area contributed by atoms with Crippen LogP contribution >= 0.6 is 0 Å². The van der Waals surface area contributed by atoms with Gasteiger partial charge >= 0.3 is 0 Å². The summed E-state index contributed by atoms with van der Waals surface area (Å²) in [5, 5.41) is 0. The van der Waals surface area contributed by atoms with Gasteiger partial charge in [-0.25, -0.2) is 0 Å². The van der Waals surface area contributed by atoms with Gasteiger partial charge in [-0.1, -0.05) is 30.0 Å². The smallest absolute Gasteiger partial charge is 0.163 e. The van der Waals surface area contributed by atoms with Gasteiger partial charge in [0.15, 0.2) is 11.6 Å². The molecule has 20 heavy (non-hydrogen) atoms. The number of ketones is 2. The second-order valence-corrected chi connectivity index (χ2v) is 5.02. The summed E-state index contributed by atoms with van der Waals surface area (Å²) in [6.45, 7) is 0. The molecule has 0 radical (unpaired) electrons. The fourth-order valence-electron chi connectivity index (χ4n) is 2.55. The van der Waals surface area contributed by atoms with Gasteiger partial charge in [0.05, 0.1) is 0 Å². The van der Waals surface area contributed by atoms with E-state index < -0.39 is 0 Å². The molecule has 2 aliphatic rings. The average Bonchev–Trinajstić information content (AvgIpc) is 2.50. The summed E-state index contributed by atoms with van der Waals surface area (Å²) < 4.78 is 0. The maximum absolute atomic E-state index is 11.9. The van der Waals surface area contributed by atoms with Crippen molar-refractivity contribution in [1.82, 2.24) is 0 Å². The molecular weight excluding hydrogens is 248 g/mol. The van der Waals surface area contributed by atoms with E-state index in [-0.39, 0.29) is 11.6 Å². The van der Waals surface area contributed by atoms with Crippen molar-refractivity contribution in [2.24, 2.45) is 0 Å². The van der Waals surface area contributed by atoms with E-state index in [4.69, 9.17) is 0 Å². The fraction of sp³-hybridized carbons (Fsp3) is 0.222. The van der Waals surface area contributed by atoms with Gasteiger partial charge < -0.3 is 0 Å². The molecule has 0 fully saturated rings. The number of allylic oxidation sites excluding steroid dienone is 4. The van der Waals surface area contributed by atoms with Crippen molar-refractivity contribution >= 4 is 11.6 Å². The van der Waals surface area contributed by atoms with Gasteiger partial charge in [0, 0.05) is 35.1 Å². The Bertz CT molecular complexity index is 694. The SMILES string of the molecule is O=C1CCC(=O)C2=C1C=C(C#Cc1ccccc1)CC2. The monoisotopic (exact) mass is 262 g/mol. The van der Waals surface area contributed by atoms with Crippen molar-refractivity contribution in [3.63, 3.8) is 0 Å². The molecule has 3 rings (SSSR count). The first-order valence-electron chi connectivity index (χ1n) is 6.81. The summed E-state index contributed by atoms with van der Waals surface area (Å²) in [5.41, 5.74) is 3.21.